The highest BCUT2D eigenvalue weighted by molar-refractivity contribution is 6.33. The van der Waals surface area contributed by atoms with Crippen molar-refractivity contribution in [3.8, 4) is 0 Å². The molecule has 0 aliphatic heterocycles. The molecule has 0 unspecified atom stereocenters. The third-order valence-electron chi connectivity index (χ3n) is 2.26. The molecule has 1 N–H and O–H groups in total. The van der Waals surface area contributed by atoms with Crippen molar-refractivity contribution in [3.63, 3.8) is 0 Å². The lowest BCUT2D eigenvalue weighted by molar-refractivity contribution is 0.115. The second-order valence-electron chi connectivity index (χ2n) is 3.54. The van der Waals surface area contributed by atoms with Gasteiger partial charge in [0.2, 0.25) is 0 Å². The van der Waals surface area contributed by atoms with Crippen molar-refractivity contribution in [3.05, 3.63) is 53.4 Å². The molecule has 2 rings (SSSR count). The zero-order valence-corrected chi connectivity index (χ0v) is 10.1. The fraction of sp³-hybridized carbons (Fsp3) is 0.231. The zero-order chi connectivity index (χ0) is 11.9. The fourth-order valence-electron chi connectivity index (χ4n) is 1.43. The SMILES string of the molecule is Clc1ccccc1NCCOCc1ccco1. The van der Waals surface area contributed by atoms with Gasteiger partial charge in [-0.1, -0.05) is 23.7 Å². The van der Waals surface area contributed by atoms with Crippen LogP contribution in [0, 0.1) is 0 Å². The Bertz CT molecular complexity index is 442. The van der Waals surface area contributed by atoms with Gasteiger partial charge in [-0.2, -0.15) is 0 Å². The molecule has 0 amide bonds. The van der Waals surface area contributed by atoms with Crippen LogP contribution in [0.15, 0.2) is 47.1 Å². The van der Waals surface area contributed by atoms with Crippen LogP contribution in [0.5, 0.6) is 0 Å². The van der Waals surface area contributed by atoms with E-state index in [-0.39, 0.29) is 0 Å². The van der Waals surface area contributed by atoms with Gasteiger partial charge in [0.25, 0.3) is 0 Å². The van der Waals surface area contributed by atoms with Crippen LogP contribution in [0.2, 0.25) is 5.02 Å². The Balaban J connectivity index is 1.65. The maximum absolute atomic E-state index is 6.00. The van der Waals surface area contributed by atoms with Crippen molar-refractivity contribution in [1.29, 1.82) is 0 Å². The summed E-state index contributed by atoms with van der Waals surface area (Å²) in [4.78, 5) is 0. The lowest BCUT2D eigenvalue weighted by Gasteiger charge is -2.07. The molecule has 0 spiro atoms. The molecule has 0 saturated carbocycles. The molecule has 4 heteroatoms. The largest absolute Gasteiger partial charge is 0.467 e. The minimum Gasteiger partial charge on any atom is -0.467 e. The number of ether oxygens (including phenoxy) is 1. The molecule has 0 fully saturated rings. The summed E-state index contributed by atoms with van der Waals surface area (Å²) in [6.07, 6.45) is 1.64. The van der Waals surface area contributed by atoms with E-state index in [2.05, 4.69) is 5.32 Å². The van der Waals surface area contributed by atoms with Crippen LogP contribution in [0.3, 0.4) is 0 Å². The van der Waals surface area contributed by atoms with Gasteiger partial charge in [0.15, 0.2) is 0 Å². The van der Waals surface area contributed by atoms with Gasteiger partial charge in [-0.05, 0) is 24.3 Å². The number of benzene rings is 1. The number of nitrogens with one attached hydrogen (secondary N) is 1. The molecule has 0 aliphatic carbocycles. The van der Waals surface area contributed by atoms with E-state index in [0.717, 1.165) is 16.5 Å². The van der Waals surface area contributed by atoms with Crippen LogP contribution in [0.4, 0.5) is 5.69 Å². The normalized spacial score (nSPS) is 10.4. The van der Waals surface area contributed by atoms with Crippen LogP contribution in [0.1, 0.15) is 5.76 Å². The van der Waals surface area contributed by atoms with Crippen LogP contribution >= 0.6 is 11.6 Å². The zero-order valence-electron chi connectivity index (χ0n) is 9.36. The minimum absolute atomic E-state index is 0.497. The number of anilines is 1. The van der Waals surface area contributed by atoms with Gasteiger partial charge in [0.05, 0.1) is 23.6 Å². The van der Waals surface area contributed by atoms with E-state index in [9.17, 15) is 0 Å². The summed E-state index contributed by atoms with van der Waals surface area (Å²) >= 11 is 6.00. The van der Waals surface area contributed by atoms with E-state index in [1.165, 1.54) is 0 Å². The number of furan rings is 1. The van der Waals surface area contributed by atoms with Crippen LogP contribution < -0.4 is 5.32 Å². The number of hydrogen-bond acceptors (Lipinski definition) is 3. The number of halogens is 1. The topological polar surface area (TPSA) is 34.4 Å². The summed E-state index contributed by atoms with van der Waals surface area (Å²) in [6.45, 7) is 1.81. The van der Waals surface area contributed by atoms with Crippen molar-refractivity contribution < 1.29 is 9.15 Å². The van der Waals surface area contributed by atoms with E-state index in [4.69, 9.17) is 20.8 Å². The van der Waals surface area contributed by atoms with Gasteiger partial charge in [-0.25, -0.2) is 0 Å². The maximum atomic E-state index is 6.00. The van der Waals surface area contributed by atoms with Crippen LogP contribution in [-0.4, -0.2) is 13.2 Å². The highest BCUT2D eigenvalue weighted by Crippen LogP contribution is 2.19. The van der Waals surface area contributed by atoms with E-state index in [1.54, 1.807) is 6.26 Å². The number of rotatable bonds is 6. The molecule has 17 heavy (non-hydrogen) atoms. The average Bonchev–Trinajstić information content (AvgIpc) is 2.84. The molecule has 0 bridgehead atoms. The second-order valence-corrected chi connectivity index (χ2v) is 3.95. The molecule has 90 valence electrons. The number of hydrogen-bond donors (Lipinski definition) is 1. The summed E-state index contributed by atoms with van der Waals surface area (Å²) in [5.74, 6) is 0.836. The van der Waals surface area contributed by atoms with Crippen molar-refractivity contribution in [2.24, 2.45) is 0 Å². The summed E-state index contributed by atoms with van der Waals surface area (Å²) < 4.78 is 10.6. The first-order valence-electron chi connectivity index (χ1n) is 5.45. The molecule has 3 nitrogen and oxygen atoms in total. The van der Waals surface area contributed by atoms with Crippen molar-refractivity contribution in [1.82, 2.24) is 0 Å². The predicted molar refractivity (Wildman–Crippen MR) is 68.3 cm³/mol. The van der Waals surface area contributed by atoms with Crippen molar-refractivity contribution in [2.45, 2.75) is 6.61 Å². The Morgan fingerprint density at radius 1 is 1.18 bits per heavy atom. The van der Waals surface area contributed by atoms with E-state index in [1.807, 2.05) is 36.4 Å². The Labute approximate surface area is 105 Å². The molecular weight excluding hydrogens is 238 g/mol. The van der Waals surface area contributed by atoms with Gasteiger partial charge >= 0.3 is 0 Å². The minimum atomic E-state index is 0.497. The fourth-order valence-corrected chi connectivity index (χ4v) is 1.63. The summed E-state index contributed by atoms with van der Waals surface area (Å²) in [5.41, 5.74) is 0.927. The van der Waals surface area contributed by atoms with Gasteiger partial charge in [0.1, 0.15) is 12.4 Å². The quantitative estimate of drug-likeness (QED) is 0.797. The lowest BCUT2D eigenvalue weighted by Crippen LogP contribution is -2.09. The van der Waals surface area contributed by atoms with E-state index in [0.29, 0.717) is 19.8 Å². The molecule has 0 atom stereocenters. The van der Waals surface area contributed by atoms with Gasteiger partial charge in [0, 0.05) is 6.54 Å². The highest BCUT2D eigenvalue weighted by atomic mass is 35.5. The lowest BCUT2D eigenvalue weighted by atomic mass is 10.3. The first-order valence-corrected chi connectivity index (χ1v) is 5.82. The second kappa shape index (κ2) is 6.33. The van der Waals surface area contributed by atoms with Crippen molar-refractivity contribution in [2.75, 3.05) is 18.5 Å². The molecular formula is C13H14ClNO2. The van der Waals surface area contributed by atoms with Gasteiger partial charge in [-0.3, -0.25) is 0 Å². The standard InChI is InChI=1S/C13H14ClNO2/c14-12-5-1-2-6-13(12)15-7-9-16-10-11-4-3-8-17-11/h1-6,8,15H,7,9-10H2. The maximum Gasteiger partial charge on any atom is 0.129 e. The Morgan fingerprint density at radius 2 is 2.06 bits per heavy atom. The molecule has 2 aromatic rings. The number of para-hydroxylation sites is 1. The molecule has 1 heterocycles. The monoisotopic (exact) mass is 251 g/mol. The van der Waals surface area contributed by atoms with Crippen LogP contribution in [-0.2, 0) is 11.3 Å². The molecule has 0 aliphatic rings. The molecule has 1 aromatic heterocycles. The molecule has 0 radical (unpaired) electrons. The van der Waals surface area contributed by atoms with E-state index >= 15 is 0 Å². The Morgan fingerprint density at radius 3 is 2.82 bits per heavy atom. The summed E-state index contributed by atoms with van der Waals surface area (Å²) in [5, 5.41) is 3.93. The van der Waals surface area contributed by atoms with Crippen LogP contribution in [0.25, 0.3) is 0 Å². The van der Waals surface area contributed by atoms with Gasteiger partial charge in [-0.15, -0.1) is 0 Å². The summed E-state index contributed by atoms with van der Waals surface area (Å²) in [7, 11) is 0. The third-order valence-corrected chi connectivity index (χ3v) is 2.59. The Hall–Kier alpha value is -1.45. The average molecular weight is 252 g/mol. The molecule has 0 saturated heterocycles. The first kappa shape index (κ1) is 12.0. The van der Waals surface area contributed by atoms with Gasteiger partial charge < -0.3 is 14.5 Å². The summed E-state index contributed by atoms with van der Waals surface area (Å²) in [6, 6.07) is 11.4. The smallest absolute Gasteiger partial charge is 0.129 e. The first-order chi connectivity index (χ1) is 8.36. The van der Waals surface area contributed by atoms with Crippen molar-refractivity contribution >= 4 is 17.3 Å². The van der Waals surface area contributed by atoms with E-state index < -0.39 is 0 Å². The Kier molecular flexibility index (Phi) is 4.47. The third kappa shape index (κ3) is 3.80. The molecule has 1 aromatic carbocycles. The highest BCUT2D eigenvalue weighted by Gasteiger charge is 1.98. The predicted octanol–water partition coefficient (Wildman–Crippen LogP) is 3.56.